The molecule has 1 aliphatic heterocycles. The van der Waals surface area contributed by atoms with Crippen LogP contribution in [0.5, 0.6) is 0 Å². The van der Waals surface area contributed by atoms with Gasteiger partial charge in [-0.25, -0.2) is 4.79 Å². The lowest BCUT2D eigenvalue weighted by Gasteiger charge is -2.28. The average Bonchev–Trinajstić information content (AvgIpc) is 3.35. The Morgan fingerprint density at radius 3 is 2.74 bits per heavy atom. The van der Waals surface area contributed by atoms with E-state index in [1.54, 1.807) is 19.1 Å². The fourth-order valence-electron chi connectivity index (χ4n) is 3.36. The molecule has 1 aromatic heterocycles. The van der Waals surface area contributed by atoms with Crippen molar-refractivity contribution in [3.05, 3.63) is 86.7 Å². The van der Waals surface area contributed by atoms with Crippen LogP contribution < -0.4 is 10.6 Å². The predicted molar refractivity (Wildman–Crippen MR) is 129 cm³/mol. The first-order chi connectivity index (χ1) is 16.7. The molecule has 35 heavy (non-hydrogen) atoms. The van der Waals surface area contributed by atoms with Crippen molar-refractivity contribution >= 4 is 40.7 Å². The first kappa shape index (κ1) is 26.1. The van der Waals surface area contributed by atoms with Crippen molar-refractivity contribution in [3.63, 3.8) is 0 Å². The summed E-state index contributed by atoms with van der Waals surface area (Å²) in [6.07, 6.45) is -3.09. The molecule has 1 aliphatic rings. The van der Waals surface area contributed by atoms with Crippen molar-refractivity contribution in [3.8, 4) is 6.07 Å². The monoisotopic (exact) mass is 519 g/mol. The summed E-state index contributed by atoms with van der Waals surface area (Å²) in [4.78, 5) is 26.0. The summed E-state index contributed by atoms with van der Waals surface area (Å²) < 4.78 is 44.0. The minimum Gasteiger partial charge on any atom is -0.458 e. The predicted octanol–water partition coefficient (Wildman–Crippen LogP) is 5.56. The Morgan fingerprint density at radius 2 is 2.11 bits per heavy atom. The van der Waals surface area contributed by atoms with Crippen LogP contribution in [0.2, 0.25) is 0 Å². The van der Waals surface area contributed by atoms with E-state index in [-0.39, 0.29) is 29.2 Å². The van der Waals surface area contributed by atoms with Gasteiger partial charge in [0.15, 0.2) is 0 Å². The number of amides is 1. The third-order valence-corrected chi connectivity index (χ3v) is 6.80. The molecule has 0 fully saturated rings. The Bertz CT molecular complexity index is 1230. The number of thiophene rings is 1. The molecule has 1 atom stereocenters. The molecule has 1 amide bonds. The number of hydrogen-bond acceptors (Lipinski definition) is 7. The summed E-state index contributed by atoms with van der Waals surface area (Å²) in [6.45, 7) is 5.21. The number of thioether (sulfide) groups is 1. The molecular weight excluding hydrogens is 499 g/mol. The Kier molecular flexibility index (Phi) is 8.43. The number of allylic oxidation sites excluding steroid dienone is 2. The molecule has 2 heterocycles. The summed E-state index contributed by atoms with van der Waals surface area (Å²) in [7, 11) is 0. The molecule has 0 spiro atoms. The topological polar surface area (TPSA) is 91.2 Å². The van der Waals surface area contributed by atoms with Crippen molar-refractivity contribution in [1.29, 1.82) is 5.26 Å². The Morgan fingerprint density at radius 1 is 1.34 bits per heavy atom. The maximum absolute atomic E-state index is 12.9. The highest BCUT2D eigenvalue weighted by molar-refractivity contribution is 8.03. The van der Waals surface area contributed by atoms with Gasteiger partial charge in [0.2, 0.25) is 5.91 Å². The van der Waals surface area contributed by atoms with Crippen LogP contribution in [0.1, 0.15) is 23.3 Å². The smallest absolute Gasteiger partial charge is 0.416 e. The molecule has 6 nitrogen and oxygen atoms in total. The molecule has 2 aromatic rings. The zero-order valence-corrected chi connectivity index (χ0v) is 20.1. The lowest BCUT2D eigenvalue weighted by Crippen LogP contribution is -2.29. The van der Waals surface area contributed by atoms with Gasteiger partial charge in [0.1, 0.15) is 6.61 Å². The summed E-state index contributed by atoms with van der Waals surface area (Å²) in [5.74, 6) is -2.00. The maximum atomic E-state index is 12.9. The van der Waals surface area contributed by atoms with Crippen molar-refractivity contribution in [1.82, 2.24) is 5.32 Å². The van der Waals surface area contributed by atoms with Crippen LogP contribution in [0.15, 0.2) is 76.3 Å². The van der Waals surface area contributed by atoms with Crippen molar-refractivity contribution in [2.75, 3.05) is 17.7 Å². The molecule has 11 heteroatoms. The van der Waals surface area contributed by atoms with Crippen LogP contribution in [0, 0.1) is 11.3 Å². The first-order valence-corrected chi connectivity index (χ1v) is 12.1. The fraction of sp³-hybridized carbons (Fsp3) is 0.208. The number of benzene rings is 1. The highest BCUT2D eigenvalue weighted by atomic mass is 32.2. The van der Waals surface area contributed by atoms with Gasteiger partial charge in [0, 0.05) is 16.3 Å². The molecule has 0 unspecified atom stereocenters. The molecule has 1 aromatic carbocycles. The number of dihydropyridines is 1. The third-order valence-electron chi connectivity index (χ3n) is 4.85. The molecule has 0 bridgehead atoms. The maximum Gasteiger partial charge on any atom is 0.416 e. The highest BCUT2D eigenvalue weighted by Crippen LogP contribution is 2.42. The van der Waals surface area contributed by atoms with Gasteiger partial charge in [0.05, 0.1) is 39.5 Å². The SMILES string of the molecule is C=CCOC(=O)C1=C(C)NC(SCC(=O)Nc2cccc(C(F)(F)F)c2)=C(C#N)[C@@H]1c1cccs1. The number of halogens is 3. The van der Waals surface area contributed by atoms with Gasteiger partial charge in [-0.2, -0.15) is 18.4 Å². The number of alkyl halides is 3. The number of rotatable bonds is 8. The number of hydrogen-bond donors (Lipinski definition) is 2. The molecule has 2 N–H and O–H groups in total. The average molecular weight is 520 g/mol. The van der Waals surface area contributed by atoms with Gasteiger partial charge in [-0.1, -0.05) is 36.5 Å². The zero-order chi connectivity index (χ0) is 25.6. The number of anilines is 1. The highest BCUT2D eigenvalue weighted by Gasteiger charge is 2.36. The lowest BCUT2D eigenvalue weighted by molar-refractivity contribution is -0.138. The van der Waals surface area contributed by atoms with Gasteiger partial charge in [-0.15, -0.1) is 11.3 Å². The van der Waals surface area contributed by atoms with Crippen LogP contribution >= 0.6 is 23.1 Å². The largest absolute Gasteiger partial charge is 0.458 e. The van der Waals surface area contributed by atoms with E-state index in [0.717, 1.165) is 28.8 Å². The normalized spacial score (nSPS) is 15.8. The number of nitrogens with zero attached hydrogens (tertiary/aromatic N) is 1. The van der Waals surface area contributed by atoms with Gasteiger partial charge >= 0.3 is 12.1 Å². The quantitative estimate of drug-likeness (QED) is 0.350. The standard InChI is InChI=1S/C24H20F3N3O3S2/c1-3-9-33-23(32)20-14(2)29-22(17(12-28)21(20)18-8-5-10-34-18)35-13-19(31)30-16-7-4-6-15(11-16)24(25,26)27/h3-8,10-11,21,29H,1,9,13H2,2H3,(H,30,31)/t21-/m1/s1. The van der Waals surface area contributed by atoms with Crippen molar-refractivity contribution < 1.29 is 27.5 Å². The summed E-state index contributed by atoms with van der Waals surface area (Å²) in [5.41, 5.74) is 0.124. The van der Waals surface area contributed by atoms with E-state index in [2.05, 4.69) is 23.3 Å². The second kappa shape index (κ2) is 11.3. The van der Waals surface area contributed by atoms with Crippen LogP contribution in [0.3, 0.4) is 0 Å². The number of carbonyl (C=O) groups excluding carboxylic acids is 2. The Balaban J connectivity index is 1.81. The molecule has 0 radical (unpaired) electrons. The van der Waals surface area contributed by atoms with E-state index < -0.39 is 29.5 Å². The minimum atomic E-state index is -4.53. The second-order valence-corrected chi connectivity index (χ2v) is 9.23. The second-order valence-electron chi connectivity index (χ2n) is 7.27. The molecule has 0 saturated heterocycles. The first-order valence-electron chi connectivity index (χ1n) is 10.2. The van der Waals surface area contributed by atoms with E-state index in [9.17, 15) is 28.0 Å². The molecule has 0 saturated carbocycles. The van der Waals surface area contributed by atoms with E-state index in [0.29, 0.717) is 10.7 Å². The van der Waals surface area contributed by atoms with Gasteiger partial charge in [-0.3, -0.25) is 4.79 Å². The summed E-state index contributed by atoms with van der Waals surface area (Å²) in [5, 5.41) is 17.6. The summed E-state index contributed by atoms with van der Waals surface area (Å²) in [6, 6.07) is 10.1. The van der Waals surface area contributed by atoms with Crippen LogP contribution in [-0.4, -0.2) is 24.2 Å². The van der Waals surface area contributed by atoms with Gasteiger partial charge in [-0.05, 0) is 36.6 Å². The van der Waals surface area contributed by atoms with E-state index in [1.807, 2.05) is 5.38 Å². The van der Waals surface area contributed by atoms with Crippen molar-refractivity contribution in [2.24, 2.45) is 0 Å². The number of esters is 1. The van der Waals surface area contributed by atoms with Crippen molar-refractivity contribution in [2.45, 2.75) is 19.0 Å². The molecule has 0 aliphatic carbocycles. The van der Waals surface area contributed by atoms with Gasteiger partial charge in [0.25, 0.3) is 0 Å². The van der Waals surface area contributed by atoms with E-state index in [1.165, 1.54) is 29.5 Å². The van der Waals surface area contributed by atoms with Crippen LogP contribution in [0.4, 0.5) is 18.9 Å². The number of nitrogens with one attached hydrogen (secondary N) is 2. The third kappa shape index (κ3) is 6.35. The Labute approximate surface area is 208 Å². The number of carbonyl (C=O) groups is 2. The number of ether oxygens (including phenoxy) is 1. The number of nitriles is 1. The minimum absolute atomic E-state index is 0.00962. The van der Waals surface area contributed by atoms with Crippen LogP contribution in [-0.2, 0) is 20.5 Å². The zero-order valence-electron chi connectivity index (χ0n) is 18.4. The summed E-state index contributed by atoms with van der Waals surface area (Å²) >= 11 is 2.39. The van der Waals surface area contributed by atoms with Gasteiger partial charge < -0.3 is 15.4 Å². The lowest BCUT2D eigenvalue weighted by atomic mass is 9.87. The fourth-order valence-corrected chi connectivity index (χ4v) is 5.09. The Hall–Kier alpha value is -3.49. The molecule has 182 valence electrons. The van der Waals surface area contributed by atoms with Crippen LogP contribution in [0.25, 0.3) is 0 Å². The molecular formula is C24H20F3N3O3S2. The molecule has 3 rings (SSSR count). The van der Waals surface area contributed by atoms with E-state index in [4.69, 9.17) is 4.74 Å². The van der Waals surface area contributed by atoms with E-state index >= 15 is 0 Å².